The highest BCUT2D eigenvalue weighted by molar-refractivity contribution is 5.74. The minimum absolute atomic E-state index is 0.204. The monoisotopic (exact) mass is 84.0 g/mol. The zero-order valence-electron chi connectivity index (χ0n) is 3.48. The van der Waals surface area contributed by atoms with E-state index in [-0.39, 0.29) is 5.90 Å². The van der Waals surface area contributed by atoms with Gasteiger partial charge in [-0.25, -0.2) is 0 Å². The minimum atomic E-state index is 0.204. The van der Waals surface area contributed by atoms with Crippen LogP contribution in [0.2, 0.25) is 0 Å². The van der Waals surface area contributed by atoms with Gasteiger partial charge < -0.3 is 4.74 Å². The SMILES string of the molecule is [N]=C1CCCO1. The van der Waals surface area contributed by atoms with Crippen LogP contribution in [0.5, 0.6) is 0 Å². The van der Waals surface area contributed by atoms with E-state index in [0.29, 0.717) is 6.61 Å². The third-order valence-corrected chi connectivity index (χ3v) is 0.804. The second-order valence-electron chi connectivity index (χ2n) is 1.35. The molecule has 6 heavy (non-hydrogen) atoms. The number of nitrogens with zero attached hydrogens (tertiary/aromatic N) is 1. The van der Waals surface area contributed by atoms with Crippen molar-refractivity contribution in [3.8, 4) is 0 Å². The molecule has 0 unspecified atom stereocenters. The van der Waals surface area contributed by atoms with E-state index < -0.39 is 0 Å². The molecule has 1 saturated heterocycles. The van der Waals surface area contributed by atoms with Crippen molar-refractivity contribution in [2.24, 2.45) is 0 Å². The maximum atomic E-state index is 8.42. The van der Waals surface area contributed by atoms with Gasteiger partial charge in [0.05, 0.1) is 6.61 Å². The molecule has 2 nitrogen and oxygen atoms in total. The summed E-state index contributed by atoms with van der Waals surface area (Å²) in [6, 6.07) is 0. The molecule has 1 heterocycles. The topological polar surface area (TPSA) is 31.5 Å². The molecule has 0 saturated carbocycles. The van der Waals surface area contributed by atoms with Crippen LogP contribution in [0.15, 0.2) is 0 Å². The molecule has 1 fully saturated rings. The zero-order chi connectivity index (χ0) is 4.41. The highest BCUT2D eigenvalue weighted by Crippen LogP contribution is 2.00. The van der Waals surface area contributed by atoms with Gasteiger partial charge in [0.15, 0.2) is 0 Å². The summed E-state index contributed by atoms with van der Waals surface area (Å²) in [6.07, 6.45) is 1.71. The number of hydrogen-bond donors (Lipinski definition) is 0. The maximum absolute atomic E-state index is 8.42. The predicted octanol–water partition coefficient (Wildman–Crippen LogP) is -0.00460. The van der Waals surface area contributed by atoms with Gasteiger partial charge in [0.1, 0.15) is 0 Å². The summed E-state index contributed by atoms with van der Waals surface area (Å²) < 4.78 is 4.62. The second-order valence-corrected chi connectivity index (χ2v) is 1.35. The van der Waals surface area contributed by atoms with Crippen molar-refractivity contribution in [2.45, 2.75) is 12.8 Å². The summed E-state index contributed by atoms with van der Waals surface area (Å²) in [5.41, 5.74) is 0. The van der Waals surface area contributed by atoms with Gasteiger partial charge in [-0.05, 0) is 6.42 Å². The Hall–Kier alpha value is -0.530. The van der Waals surface area contributed by atoms with Crippen LogP contribution in [0, 0.1) is 0 Å². The van der Waals surface area contributed by atoms with Gasteiger partial charge in [0.25, 0.3) is 0 Å². The van der Waals surface area contributed by atoms with Gasteiger partial charge in [0, 0.05) is 6.42 Å². The Balaban J connectivity index is 2.37. The molecule has 1 radical (unpaired) electrons. The Kier molecular flexibility index (Phi) is 0.783. The van der Waals surface area contributed by atoms with Crippen molar-refractivity contribution in [3.05, 3.63) is 0 Å². The van der Waals surface area contributed by atoms with Gasteiger partial charge in [-0.2, -0.15) is 0 Å². The zero-order valence-corrected chi connectivity index (χ0v) is 3.48. The lowest BCUT2D eigenvalue weighted by atomic mass is 10.4. The molecule has 0 atom stereocenters. The van der Waals surface area contributed by atoms with E-state index in [2.05, 4.69) is 4.74 Å². The minimum Gasteiger partial charge on any atom is -0.480 e. The molecule has 1 rings (SSSR count). The van der Waals surface area contributed by atoms with Crippen molar-refractivity contribution in [2.75, 3.05) is 6.61 Å². The Bertz CT molecular complexity index is 61.9. The number of rotatable bonds is 0. The molecule has 0 N–H and O–H groups in total. The van der Waals surface area contributed by atoms with Crippen LogP contribution in [0.3, 0.4) is 0 Å². The molecule has 33 valence electrons. The first-order valence-electron chi connectivity index (χ1n) is 2.07. The standard InChI is InChI=1S/C4H6NO/c5-4-2-1-3-6-4/h1-3H2. The average molecular weight is 84.1 g/mol. The maximum Gasteiger partial charge on any atom is 0.208 e. The van der Waals surface area contributed by atoms with Gasteiger partial charge in [-0.15, -0.1) is 5.41 Å². The van der Waals surface area contributed by atoms with Crippen LogP contribution in [-0.4, -0.2) is 12.5 Å². The van der Waals surface area contributed by atoms with Gasteiger partial charge in [0.2, 0.25) is 5.90 Å². The predicted molar refractivity (Wildman–Crippen MR) is 22.3 cm³/mol. The van der Waals surface area contributed by atoms with Crippen LogP contribution in [-0.2, 0) is 4.74 Å². The third kappa shape index (κ3) is 0.506. The van der Waals surface area contributed by atoms with Crippen LogP contribution >= 0.6 is 0 Å². The summed E-state index contributed by atoms with van der Waals surface area (Å²) in [6.45, 7) is 0.700. The lowest BCUT2D eigenvalue weighted by Gasteiger charge is -1.83. The first kappa shape index (κ1) is 3.65. The van der Waals surface area contributed by atoms with Crippen molar-refractivity contribution in [1.29, 1.82) is 0 Å². The van der Waals surface area contributed by atoms with Crippen molar-refractivity contribution in [3.63, 3.8) is 0 Å². The van der Waals surface area contributed by atoms with Crippen molar-refractivity contribution >= 4 is 5.90 Å². The molecular weight excluding hydrogens is 78.0 g/mol. The highest BCUT2D eigenvalue weighted by Gasteiger charge is 2.05. The van der Waals surface area contributed by atoms with Crippen LogP contribution in [0.25, 0.3) is 0 Å². The highest BCUT2D eigenvalue weighted by atomic mass is 16.5. The molecule has 0 aliphatic carbocycles. The summed E-state index contributed by atoms with van der Waals surface area (Å²) in [5.74, 6) is 0.204. The molecule has 1 aliphatic rings. The fourth-order valence-corrected chi connectivity index (χ4v) is 0.486. The Labute approximate surface area is 36.6 Å². The molecular formula is C4H6NO. The second kappa shape index (κ2) is 1.29. The van der Waals surface area contributed by atoms with E-state index in [1.54, 1.807) is 0 Å². The molecule has 0 aromatic heterocycles. The fourth-order valence-electron chi connectivity index (χ4n) is 0.486. The first-order valence-corrected chi connectivity index (χ1v) is 2.07. The summed E-state index contributed by atoms with van der Waals surface area (Å²) in [5, 5.41) is 8.42. The summed E-state index contributed by atoms with van der Waals surface area (Å²) in [4.78, 5) is 0. The Morgan fingerprint density at radius 1 is 1.67 bits per heavy atom. The van der Waals surface area contributed by atoms with E-state index in [1.807, 2.05) is 0 Å². The molecule has 1 aliphatic heterocycles. The van der Waals surface area contributed by atoms with Gasteiger partial charge in [-0.3, -0.25) is 0 Å². The molecule has 0 spiro atoms. The van der Waals surface area contributed by atoms with E-state index in [1.165, 1.54) is 0 Å². The van der Waals surface area contributed by atoms with E-state index in [9.17, 15) is 0 Å². The number of hydrogen-bond acceptors (Lipinski definition) is 1. The van der Waals surface area contributed by atoms with Gasteiger partial charge >= 0.3 is 0 Å². The van der Waals surface area contributed by atoms with Crippen LogP contribution in [0.1, 0.15) is 12.8 Å². The van der Waals surface area contributed by atoms with Crippen LogP contribution in [0.4, 0.5) is 0 Å². The lowest BCUT2D eigenvalue weighted by molar-refractivity contribution is 0.344. The van der Waals surface area contributed by atoms with E-state index in [4.69, 9.17) is 5.41 Å². The Morgan fingerprint density at radius 3 is 2.67 bits per heavy atom. The summed E-state index contributed by atoms with van der Waals surface area (Å²) >= 11 is 0. The molecule has 0 aromatic rings. The summed E-state index contributed by atoms with van der Waals surface area (Å²) in [7, 11) is 0. The quantitative estimate of drug-likeness (QED) is 0.406. The molecule has 2 heteroatoms. The smallest absolute Gasteiger partial charge is 0.208 e. The largest absolute Gasteiger partial charge is 0.480 e. The fraction of sp³-hybridized carbons (Fsp3) is 0.750. The lowest BCUT2D eigenvalue weighted by Crippen LogP contribution is -1.91. The first-order chi connectivity index (χ1) is 2.89. The van der Waals surface area contributed by atoms with E-state index >= 15 is 0 Å². The Morgan fingerprint density at radius 2 is 2.50 bits per heavy atom. The van der Waals surface area contributed by atoms with E-state index in [0.717, 1.165) is 12.8 Å². The molecule has 0 amide bonds. The van der Waals surface area contributed by atoms with Crippen molar-refractivity contribution in [1.82, 2.24) is 5.41 Å². The molecule has 0 aromatic carbocycles. The van der Waals surface area contributed by atoms with Gasteiger partial charge in [-0.1, -0.05) is 0 Å². The molecule has 0 bridgehead atoms. The van der Waals surface area contributed by atoms with Crippen LogP contribution < -0.4 is 5.41 Å². The normalized spacial score (nSPS) is 21.0. The van der Waals surface area contributed by atoms with Crippen molar-refractivity contribution < 1.29 is 4.74 Å². The third-order valence-electron chi connectivity index (χ3n) is 0.804. The average Bonchev–Trinajstić information content (AvgIpc) is 1.86. The number of ether oxygens (including phenoxy) is 1.